The molecule has 224 valence electrons. The first-order valence-electron chi connectivity index (χ1n) is 13.6. The molecule has 1 aromatic heterocycles. The van der Waals surface area contributed by atoms with Crippen molar-refractivity contribution in [2.75, 3.05) is 29.9 Å². The highest BCUT2D eigenvalue weighted by atomic mass is 32.2. The van der Waals surface area contributed by atoms with Crippen LogP contribution in [0, 0.1) is 5.82 Å². The Morgan fingerprint density at radius 1 is 1.10 bits per heavy atom. The van der Waals surface area contributed by atoms with E-state index in [9.17, 15) is 18.0 Å². The van der Waals surface area contributed by atoms with Crippen molar-refractivity contribution in [1.29, 1.82) is 0 Å². The molecule has 2 atom stereocenters. The predicted octanol–water partition coefficient (Wildman–Crippen LogP) is 3.12. The monoisotopic (exact) mass is 598 g/mol. The zero-order chi connectivity index (χ0) is 30.3. The fraction of sp³-hybridized carbons (Fsp3) is 0.379. The molecule has 0 spiro atoms. The zero-order valence-corrected chi connectivity index (χ0v) is 24.5. The second kappa shape index (κ2) is 13.3. The zero-order valence-electron chi connectivity index (χ0n) is 23.7. The molecule has 0 aliphatic carbocycles. The van der Waals surface area contributed by atoms with Crippen LogP contribution >= 0.6 is 0 Å². The van der Waals surface area contributed by atoms with E-state index in [4.69, 9.17) is 4.74 Å². The molecule has 1 aliphatic heterocycles. The van der Waals surface area contributed by atoms with Gasteiger partial charge < -0.3 is 20.3 Å². The third kappa shape index (κ3) is 8.46. The third-order valence-electron chi connectivity index (χ3n) is 6.39. The second-order valence-electron chi connectivity index (χ2n) is 10.9. The highest BCUT2D eigenvalue weighted by Crippen LogP contribution is 2.24. The van der Waals surface area contributed by atoms with E-state index in [-0.39, 0.29) is 16.5 Å². The minimum atomic E-state index is -4.12. The molecule has 13 heteroatoms. The second-order valence-corrected chi connectivity index (χ2v) is 12.6. The predicted molar refractivity (Wildman–Crippen MR) is 156 cm³/mol. The maximum Gasteiger partial charge on any atom is 0.326 e. The summed E-state index contributed by atoms with van der Waals surface area (Å²) in [6.45, 7) is 5.78. The Morgan fingerprint density at radius 2 is 1.81 bits per heavy atom. The molecule has 1 aliphatic rings. The average molecular weight is 599 g/mol. The van der Waals surface area contributed by atoms with Crippen LogP contribution in [0.25, 0.3) is 0 Å². The van der Waals surface area contributed by atoms with E-state index in [0.29, 0.717) is 18.2 Å². The van der Waals surface area contributed by atoms with Crippen LogP contribution in [0.4, 0.5) is 16.0 Å². The van der Waals surface area contributed by atoms with Crippen molar-refractivity contribution in [3.8, 4) is 0 Å². The summed E-state index contributed by atoms with van der Waals surface area (Å²) < 4.78 is 48.6. The molecule has 1 amide bonds. The Labute approximate surface area is 244 Å². The average Bonchev–Trinajstić information content (AvgIpc) is 2.95. The summed E-state index contributed by atoms with van der Waals surface area (Å²) in [7, 11) is -4.12. The number of esters is 1. The number of halogens is 1. The van der Waals surface area contributed by atoms with E-state index in [0.717, 1.165) is 19.4 Å². The Bertz CT molecular complexity index is 1490. The Balaban J connectivity index is 1.43. The summed E-state index contributed by atoms with van der Waals surface area (Å²) in [4.78, 5) is 36.1. The standard InChI is InChI=1S/C29H35FN6O5S/c1-29(2,3)41-27(38)25(35-42(39,40)22-10-5-4-6-11-22)18-33-26(37)23-13-12-21(17-24(23)30)36-16-7-9-20(19-36)34-28-31-14-8-15-32-28/h4-6,8,10-15,17,20,25,35H,7,9,16,18-19H2,1-3H3,(H,33,37)(H,31,32,34)/t20-,25-/m0/s1. The number of sulfonamides is 1. The number of benzene rings is 2. The number of aromatic nitrogens is 2. The molecule has 11 nitrogen and oxygen atoms in total. The van der Waals surface area contributed by atoms with Crippen molar-refractivity contribution in [3.05, 3.63) is 78.4 Å². The smallest absolute Gasteiger partial charge is 0.326 e. The molecular weight excluding hydrogens is 563 g/mol. The van der Waals surface area contributed by atoms with Gasteiger partial charge in [-0.2, -0.15) is 4.72 Å². The number of carbonyl (C=O) groups is 2. The van der Waals surface area contributed by atoms with Crippen molar-refractivity contribution in [2.45, 2.75) is 56.2 Å². The minimum absolute atomic E-state index is 0.0574. The summed E-state index contributed by atoms with van der Waals surface area (Å²) >= 11 is 0. The number of ether oxygens (including phenoxy) is 1. The van der Waals surface area contributed by atoms with Gasteiger partial charge in [0.15, 0.2) is 0 Å². The SMILES string of the molecule is CC(C)(C)OC(=O)[C@H](CNC(=O)c1ccc(N2CCC[C@H](Nc3ncccn3)C2)cc1F)NS(=O)(=O)c1ccccc1. The van der Waals surface area contributed by atoms with E-state index >= 15 is 4.39 Å². The molecule has 3 aromatic rings. The van der Waals surface area contributed by atoms with Crippen LogP contribution in [0.1, 0.15) is 44.0 Å². The minimum Gasteiger partial charge on any atom is -0.459 e. The van der Waals surface area contributed by atoms with Gasteiger partial charge in [-0.05, 0) is 70.0 Å². The van der Waals surface area contributed by atoms with Crippen molar-refractivity contribution < 1.29 is 27.1 Å². The van der Waals surface area contributed by atoms with E-state index in [2.05, 4.69) is 25.3 Å². The number of carbonyl (C=O) groups excluding carboxylic acids is 2. The number of rotatable bonds is 10. The maximum absolute atomic E-state index is 15.2. The third-order valence-corrected chi connectivity index (χ3v) is 7.88. The first-order chi connectivity index (χ1) is 19.9. The van der Waals surface area contributed by atoms with Crippen LogP contribution in [0.5, 0.6) is 0 Å². The normalized spacial score (nSPS) is 16.4. The van der Waals surface area contributed by atoms with Gasteiger partial charge in [-0.1, -0.05) is 18.2 Å². The molecule has 1 saturated heterocycles. The summed E-state index contributed by atoms with van der Waals surface area (Å²) in [6.07, 6.45) is 5.09. The van der Waals surface area contributed by atoms with Gasteiger partial charge in [0.05, 0.1) is 10.5 Å². The van der Waals surface area contributed by atoms with Gasteiger partial charge >= 0.3 is 5.97 Å². The van der Waals surface area contributed by atoms with Crippen LogP contribution in [0.15, 0.2) is 71.9 Å². The van der Waals surface area contributed by atoms with Gasteiger partial charge in [0.2, 0.25) is 16.0 Å². The van der Waals surface area contributed by atoms with Crippen molar-refractivity contribution in [1.82, 2.24) is 20.0 Å². The van der Waals surface area contributed by atoms with Gasteiger partial charge in [0.1, 0.15) is 17.5 Å². The lowest BCUT2D eigenvalue weighted by molar-refractivity contribution is -0.156. The quantitative estimate of drug-likeness (QED) is 0.300. The highest BCUT2D eigenvalue weighted by molar-refractivity contribution is 7.89. The lowest BCUT2D eigenvalue weighted by atomic mass is 10.0. The first kappa shape index (κ1) is 30.8. The van der Waals surface area contributed by atoms with E-state index < -0.39 is 45.9 Å². The first-order valence-corrected chi connectivity index (χ1v) is 15.1. The van der Waals surface area contributed by atoms with Gasteiger partial charge in [-0.15, -0.1) is 0 Å². The number of nitrogens with zero attached hydrogens (tertiary/aromatic N) is 3. The fourth-order valence-corrected chi connectivity index (χ4v) is 5.67. The number of hydrogen-bond acceptors (Lipinski definition) is 9. The largest absolute Gasteiger partial charge is 0.459 e. The van der Waals surface area contributed by atoms with Gasteiger partial charge in [0.25, 0.3) is 5.91 Å². The van der Waals surface area contributed by atoms with E-state index in [1.807, 2.05) is 4.90 Å². The number of anilines is 2. The van der Waals surface area contributed by atoms with Crippen LogP contribution in [-0.4, -0.2) is 67.6 Å². The molecule has 0 radical (unpaired) electrons. The summed E-state index contributed by atoms with van der Waals surface area (Å²) in [5, 5.41) is 5.76. The van der Waals surface area contributed by atoms with Crippen LogP contribution in [-0.2, 0) is 19.6 Å². The van der Waals surface area contributed by atoms with Crippen LogP contribution in [0.2, 0.25) is 0 Å². The summed E-state index contributed by atoms with van der Waals surface area (Å²) in [5.74, 6) is -1.90. The molecule has 1 fully saturated rings. The fourth-order valence-electron chi connectivity index (χ4n) is 4.46. The van der Waals surface area contributed by atoms with E-state index in [1.54, 1.807) is 63.5 Å². The highest BCUT2D eigenvalue weighted by Gasteiger charge is 2.31. The van der Waals surface area contributed by atoms with Gasteiger partial charge in [0, 0.05) is 43.8 Å². The molecule has 4 rings (SSSR count). The summed E-state index contributed by atoms with van der Waals surface area (Å²) in [5.41, 5.74) is -0.528. The molecule has 2 heterocycles. The molecular formula is C29H35FN6O5S. The number of nitrogens with one attached hydrogen (secondary N) is 3. The van der Waals surface area contributed by atoms with Gasteiger partial charge in [-0.25, -0.2) is 22.8 Å². The number of hydrogen-bond donors (Lipinski definition) is 3. The topological polar surface area (TPSA) is 143 Å². The van der Waals surface area contributed by atoms with Crippen molar-refractivity contribution in [2.24, 2.45) is 0 Å². The molecule has 3 N–H and O–H groups in total. The Kier molecular flexibility index (Phi) is 9.74. The van der Waals surface area contributed by atoms with Crippen molar-refractivity contribution >= 4 is 33.5 Å². The molecule has 2 aromatic carbocycles. The molecule has 0 unspecified atom stereocenters. The molecule has 0 bridgehead atoms. The van der Waals surface area contributed by atoms with Gasteiger partial charge in [-0.3, -0.25) is 9.59 Å². The van der Waals surface area contributed by atoms with E-state index in [1.165, 1.54) is 24.3 Å². The Morgan fingerprint density at radius 3 is 2.48 bits per heavy atom. The molecule has 0 saturated carbocycles. The lowest BCUT2D eigenvalue weighted by Gasteiger charge is -2.34. The van der Waals surface area contributed by atoms with Crippen LogP contribution < -0.4 is 20.3 Å². The molecule has 42 heavy (non-hydrogen) atoms. The maximum atomic E-state index is 15.2. The number of piperidine rings is 1. The summed E-state index contributed by atoms with van der Waals surface area (Å²) in [6, 6.07) is 12.2. The lowest BCUT2D eigenvalue weighted by Crippen LogP contribution is -2.50. The van der Waals surface area contributed by atoms with Crippen LogP contribution in [0.3, 0.4) is 0 Å². The van der Waals surface area contributed by atoms with Crippen molar-refractivity contribution in [3.63, 3.8) is 0 Å². The number of amides is 1. The Hall–Kier alpha value is -4.10.